The van der Waals surface area contributed by atoms with E-state index >= 15 is 0 Å². The van der Waals surface area contributed by atoms with Crippen LogP contribution in [0.5, 0.6) is 5.75 Å². The first-order chi connectivity index (χ1) is 10.8. The van der Waals surface area contributed by atoms with E-state index in [-0.39, 0.29) is 6.61 Å². The fourth-order valence-corrected chi connectivity index (χ4v) is 2.17. The van der Waals surface area contributed by atoms with Crippen molar-refractivity contribution in [1.29, 1.82) is 5.26 Å². The van der Waals surface area contributed by atoms with E-state index in [4.69, 9.17) is 26.0 Å². The van der Waals surface area contributed by atoms with Crippen LogP contribution in [0, 0.1) is 11.3 Å². The SMILES string of the molecule is N#Cc1ccc(OCc2ncc(-c3ccccc3)o2)c(Cl)c1. The summed E-state index contributed by atoms with van der Waals surface area (Å²) in [6.45, 7) is 0.165. The predicted molar refractivity (Wildman–Crippen MR) is 82.4 cm³/mol. The summed E-state index contributed by atoms with van der Waals surface area (Å²) in [4.78, 5) is 4.18. The second-order valence-electron chi connectivity index (χ2n) is 4.53. The van der Waals surface area contributed by atoms with Crippen molar-refractivity contribution in [3.05, 3.63) is 71.2 Å². The minimum absolute atomic E-state index is 0.165. The summed E-state index contributed by atoms with van der Waals surface area (Å²) in [5.41, 5.74) is 1.44. The average Bonchev–Trinajstić information content (AvgIpc) is 3.03. The predicted octanol–water partition coefficient (Wildman–Crippen LogP) is 4.45. The Balaban J connectivity index is 1.70. The van der Waals surface area contributed by atoms with Crippen molar-refractivity contribution in [3.8, 4) is 23.1 Å². The fourth-order valence-electron chi connectivity index (χ4n) is 1.94. The molecule has 0 aliphatic heterocycles. The Labute approximate surface area is 132 Å². The molecule has 0 saturated heterocycles. The topological polar surface area (TPSA) is 59.0 Å². The number of oxazole rings is 1. The molecule has 5 heteroatoms. The van der Waals surface area contributed by atoms with Crippen LogP contribution in [0.1, 0.15) is 11.5 Å². The Hall–Kier alpha value is -2.77. The normalized spacial score (nSPS) is 10.2. The molecule has 0 fully saturated rings. The zero-order valence-corrected chi connectivity index (χ0v) is 12.2. The van der Waals surface area contributed by atoms with Crippen LogP contribution in [0.15, 0.2) is 59.1 Å². The van der Waals surface area contributed by atoms with E-state index in [1.54, 1.807) is 24.4 Å². The average molecular weight is 311 g/mol. The zero-order valence-electron chi connectivity index (χ0n) is 11.5. The highest BCUT2D eigenvalue weighted by Gasteiger charge is 2.08. The van der Waals surface area contributed by atoms with E-state index in [0.29, 0.717) is 28.0 Å². The van der Waals surface area contributed by atoms with Gasteiger partial charge in [-0.05, 0) is 18.2 Å². The lowest BCUT2D eigenvalue weighted by molar-refractivity contribution is 0.265. The third-order valence-electron chi connectivity index (χ3n) is 3.02. The van der Waals surface area contributed by atoms with Crippen molar-refractivity contribution in [2.24, 2.45) is 0 Å². The van der Waals surface area contributed by atoms with Crippen molar-refractivity contribution in [2.45, 2.75) is 6.61 Å². The number of nitrogens with zero attached hydrogens (tertiary/aromatic N) is 2. The van der Waals surface area contributed by atoms with Crippen LogP contribution in [0.2, 0.25) is 5.02 Å². The molecule has 0 amide bonds. The van der Waals surface area contributed by atoms with Gasteiger partial charge in [0.25, 0.3) is 0 Å². The number of hydrogen-bond acceptors (Lipinski definition) is 4. The molecule has 0 unspecified atom stereocenters. The molecule has 0 spiro atoms. The molecule has 108 valence electrons. The van der Waals surface area contributed by atoms with Gasteiger partial charge in [-0.3, -0.25) is 0 Å². The molecule has 3 rings (SSSR count). The summed E-state index contributed by atoms with van der Waals surface area (Å²) in [6, 6.07) is 16.6. The number of halogens is 1. The lowest BCUT2D eigenvalue weighted by atomic mass is 10.2. The van der Waals surface area contributed by atoms with Gasteiger partial charge in [0.2, 0.25) is 5.89 Å². The summed E-state index contributed by atoms with van der Waals surface area (Å²) >= 11 is 6.05. The van der Waals surface area contributed by atoms with Crippen LogP contribution in [0.3, 0.4) is 0 Å². The number of benzene rings is 2. The summed E-state index contributed by atoms with van der Waals surface area (Å²) in [5.74, 6) is 1.63. The maximum absolute atomic E-state index is 8.80. The molecular weight excluding hydrogens is 300 g/mol. The van der Waals surface area contributed by atoms with Gasteiger partial charge in [0.05, 0.1) is 22.9 Å². The van der Waals surface area contributed by atoms with Gasteiger partial charge in [0.15, 0.2) is 12.4 Å². The Morgan fingerprint density at radius 3 is 2.73 bits per heavy atom. The monoisotopic (exact) mass is 310 g/mol. The number of hydrogen-bond donors (Lipinski definition) is 0. The Kier molecular flexibility index (Phi) is 4.08. The molecule has 0 N–H and O–H groups in total. The van der Waals surface area contributed by atoms with E-state index in [9.17, 15) is 0 Å². The second kappa shape index (κ2) is 6.33. The maximum atomic E-state index is 8.80. The fraction of sp³-hybridized carbons (Fsp3) is 0.0588. The van der Waals surface area contributed by atoms with Crippen molar-refractivity contribution in [1.82, 2.24) is 4.98 Å². The third-order valence-corrected chi connectivity index (χ3v) is 3.32. The van der Waals surface area contributed by atoms with Crippen LogP contribution in [-0.4, -0.2) is 4.98 Å². The minimum atomic E-state index is 0.165. The van der Waals surface area contributed by atoms with Gasteiger partial charge in [0, 0.05) is 5.56 Å². The summed E-state index contributed by atoms with van der Waals surface area (Å²) < 4.78 is 11.2. The molecule has 1 aromatic heterocycles. The van der Waals surface area contributed by atoms with Gasteiger partial charge in [-0.1, -0.05) is 41.9 Å². The van der Waals surface area contributed by atoms with Crippen LogP contribution in [0.4, 0.5) is 0 Å². The quantitative estimate of drug-likeness (QED) is 0.714. The first kappa shape index (κ1) is 14.2. The number of aromatic nitrogens is 1. The molecule has 4 nitrogen and oxygen atoms in total. The summed E-state index contributed by atoms with van der Waals surface area (Å²) in [5, 5.41) is 9.18. The molecule has 0 aliphatic rings. The first-order valence-corrected chi connectivity index (χ1v) is 6.96. The number of nitriles is 1. The Morgan fingerprint density at radius 1 is 1.18 bits per heavy atom. The molecule has 0 radical (unpaired) electrons. The molecular formula is C17H11ClN2O2. The first-order valence-electron chi connectivity index (χ1n) is 6.59. The van der Waals surface area contributed by atoms with Crippen LogP contribution in [-0.2, 0) is 6.61 Å². The smallest absolute Gasteiger partial charge is 0.232 e. The molecule has 0 bridgehead atoms. The molecule has 0 aliphatic carbocycles. The van der Waals surface area contributed by atoms with Crippen LogP contribution < -0.4 is 4.74 Å². The highest BCUT2D eigenvalue weighted by molar-refractivity contribution is 6.32. The highest BCUT2D eigenvalue weighted by atomic mass is 35.5. The van der Waals surface area contributed by atoms with Gasteiger partial charge in [-0.2, -0.15) is 5.26 Å². The van der Waals surface area contributed by atoms with Gasteiger partial charge in [0.1, 0.15) is 5.75 Å². The Bertz CT molecular complexity index is 822. The van der Waals surface area contributed by atoms with Crippen molar-refractivity contribution in [2.75, 3.05) is 0 Å². The summed E-state index contributed by atoms with van der Waals surface area (Å²) in [6.07, 6.45) is 1.66. The molecule has 0 saturated carbocycles. The van der Waals surface area contributed by atoms with Crippen molar-refractivity contribution >= 4 is 11.6 Å². The van der Waals surface area contributed by atoms with E-state index in [1.165, 1.54) is 0 Å². The largest absolute Gasteiger partial charge is 0.482 e. The lowest BCUT2D eigenvalue weighted by Crippen LogP contribution is -1.96. The van der Waals surface area contributed by atoms with Gasteiger partial charge in [-0.25, -0.2) is 4.98 Å². The lowest BCUT2D eigenvalue weighted by Gasteiger charge is -2.05. The molecule has 1 heterocycles. The van der Waals surface area contributed by atoms with Crippen molar-refractivity contribution in [3.63, 3.8) is 0 Å². The van der Waals surface area contributed by atoms with E-state index < -0.39 is 0 Å². The zero-order chi connectivity index (χ0) is 15.4. The molecule has 0 atom stereocenters. The van der Waals surface area contributed by atoms with Crippen molar-refractivity contribution < 1.29 is 9.15 Å². The van der Waals surface area contributed by atoms with Gasteiger partial charge >= 0.3 is 0 Å². The molecule has 22 heavy (non-hydrogen) atoms. The van der Waals surface area contributed by atoms with Crippen LogP contribution in [0.25, 0.3) is 11.3 Å². The van der Waals surface area contributed by atoms with Crippen LogP contribution >= 0.6 is 11.6 Å². The third kappa shape index (κ3) is 3.11. The van der Waals surface area contributed by atoms with E-state index in [2.05, 4.69) is 4.98 Å². The summed E-state index contributed by atoms with van der Waals surface area (Å²) in [7, 11) is 0. The van der Waals surface area contributed by atoms with Gasteiger partial charge < -0.3 is 9.15 Å². The highest BCUT2D eigenvalue weighted by Crippen LogP contribution is 2.26. The standard InChI is InChI=1S/C17H11ClN2O2/c18-14-8-12(9-19)6-7-15(14)21-11-17-20-10-16(22-17)13-4-2-1-3-5-13/h1-8,10H,11H2. The maximum Gasteiger partial charge on any atom is 0.232 e. The molecule has 2 aromatic carbocycles. The minimum Gasteiger partial charge on any atom is -0.482 e. The van der Waals surface area contributed by atoms with E-state index in [0.717, 1.165) is 5.56 Å². The van der Waals surface area contributed by atoms with Gasteiger partial charge in [-0.15, -0.1) is 0 Å². The number of rotatable bonds is 4. The number of ether oxygens (including phenoxy) is 1. The second-order valence-corrected chi connectivity index (χ2v) is 4.94. The van der Waals surface area contributed by atoms with E-state index in [1.807, 2.05) is 36.4 Å². The Morgan fingerprint density at radius 2 is 2.00 bits per heavy atom. The molecule has 3 aromatic rings.